The molecule has 1 heterocycles. The number of halogens is 1. The first-order chi connectivity index (χ1) is 11.3. The minimum atomic E-state index is 0.338. The van der Waals surface area contributed by atoms with Crippen LogP contribution in [0.2, 0.25) is 5.28 Å². The summed E-state index contributed by atoms with van der Waals surface area (Å²) in [6.45, 7) is 0. The van der Waals surface area contributed by atoms with Gasteiger partial charge in [0.05, 0.1) is 11.2 Å². The average molecular weight is 321 g/mol. The highest BCUT2D eigenvalue weighted by Crippen LogP contribution is 2.38. The Balaban J connectivity index is 1.73. The van der Waals surface area contributed by atoms with Crippen LogP contribution in [0, 0.1) is 0 Å². The van der Waals surface area contributed by atoms with Gasteiger partial charge in [-0.25, -0.2) is 9.97 Å². The summed E-state index contributed by atoms with van der Waals surface area (Å²) in [6, 6.07) is 18.8. The van der Waals surface area contributed by atoms with E-state index in [2.05, 4.69) is 58.5 Å². The maximum Gasteiger partial charge on any atom is 0.223 e. The van der Waals surface area contributed by atoms with E-state index < -0.39 is 0 Å². The molecule has 0 spiro atoms. The molecule has 2 unspecified atom stereocenters. The lowest BCUT2D eigenvalue weighted by molar-refractivity contribution is 0.557. The Kier molecular flexibility index (Phi) is 3.84. The van der Waals surface area contributed by atoms with Gasteiger partial charge in [-0.15, -0.1) is 0 Å². The molecule has 2 nitrogen and oxygen atoms in total. The van der Waals surface area contributed by atoms with Crippen molar-refractivity contribution < 1.29 is 0 Å². The number of rotatable bonds is 2. The van der Waals surface area contributed by atoms with Crippen LogP contribution in [-0.2, 0) is 0 Å². The van der Waals surface area contributed by atoms with Crippen LogP contribution in [0.1, 0.15) is 35.9 Å². The van der Waals surface area contributed by atoms with Gasteiger partial charge < -0.3 is 0 Å². The number of hydrogen-bond donors (Lipinski definition) is 0. The summed E-state index contributed by atoms with van der Waals surface area (Å²) >= 11 is 6.16. The van der Waals surface area contributed by atoms with Crippen LogP contribution in [0.5, 0.6) is 0 Å². The van der Waals surface area contributed by atoms with Gasteiger partial charge in [-0.2, -0.15) is 0 Å². The van der Waals surface area contributed by atoms with Crippen LogP contribution in [0.3, 0.4) is 0 Å². The van der Waals surface area contributed by atoms with Crippen molar-refractivity contribution >= 4 is 22.5 Å². The van der Waals surface area contributed by atoms with E-state index >= 15 is 0 Å². The second-order valence-corrected chi connectivity index (χ2v) is 6.35. The smallest absolute Gasteiger partial charge is 0.222 e. The molecule has 0 bridgehead atoms. The van der Waals surface area contributed by atoms with E-state index in [1.54, 1.807) is 0 Å². The van der Waals surface area contributed by atoms with Gasteiger partial charge in [0.2, 0.25) is 5.28 Å². The zero-order valence-corrected chi connectivity index (χ0v) is 13.4. The molecule has 2 atom stereocenters. The lowest BCUT2D eigenvalue weighted by Crippen LogP contribution is -2.11. The molecule has 0 N–H and O–H groups in total. The zero-order chi connectivity index (χ0) is 15.6. The molecule has 0 amide bonds. The third-order valence-electron chi connectivity index (χ3n) is 4.55. The van der Waals surface area contributed by atoms with Crippen molar-refractivity contribution in [3.8, 4) is 0 Å². The zero-order valence-electron chi connectivity index (χ0n) is 12.7. The Labute approximate surface area is 140 Å². The Morgan fingerprint density at radius 1 is 0.913 bits per heavy atom. The number of nitrogens with zero attached hydrogens (tertiary/aromatic N) is 2. The van der Waals surface area contributed by atoms with Crippen LogP contribution in [0.15, 0.2) is 66.7 Å². The van der Waals surface area contributed by atoms with Crippen LogP contribution >= 0.6 is 11.6 Å². The molecule has 23 heavy (non-hydrogen) atoms. The highest BCUT2D eigenvalue weighted by Gasteiger charge is 2.24. The van der Waals surface area contributed by atoms with Crippen molar-refractivity contribution in [2.75, 3.05) is 0 Å². The molecule has 1 aliphatic rings. The summed E-state index contributed by atoms with van der Waals surface area (Å²) in [5.74, 6) is 0.804. The standard InChI is InChI=1S/C20H17ClN2/c21-20-22-18-12-5-4-11-17(18)19(23-20)16-10-6-9-15(13-16)14-7-2-1-3-8-14/h1-9,11-12,15-16H,10,13H2. The number of fused-ring (bicyclic) bond motifs is 1. The van der Waals surface area contributed by atoms with E-state index in [-0.39, 0.29) is 0 Å². The first kappa shape index (κ1) is 14.4. The van der Waals surface area contributed by atoms with Crippen LogP contribution in [0.25, 0.3) is 10.9 Å². The quantitative estimate of drug-likeness (QED) is 0.460. The van der Waals surface area contributed by atoms with Gasteiger partial charge in [0.1, 0.15) is 0 Å². The normalized spacial score (nSPS) is 20.7. The number of benzene rings is 2. The van der Waals surface area contributed by atoms with Crippen molar-refractivity contribution in [2.45, 2.75) is 24.7 Å². The van der Waals surface area contributed by atoms with Crippen molar-refractivity contribution in [1.29, 1.82) is 0 Å². The summed E-state index contributed by atoms with van der Waals surface area (Å²) in [4.78, 5) is 8.92. The van der Waals surface area contributed by atoms with Crippen molar-refractivity contribution in [3.63, 3.8) is 0 Å². The first-order valence-corrected chi connectivity index (χ1v) is 8.33. The van der Waals surface area contributed by atoms with Gasteiger partial charge in [0.25, 0.3) is 0 Å². The van der Waals surface area contributed by atoms with Gasteiger partial charge in [-0.1, -0.05) is 60.7 Å². The van der Waals surface area contributed by atoms with E-state index in [4.69, 9.17) is 11.6 Å². The molecular weight excluding hydrogens is 304 g/mol. The second-order valence-electron chi connectivity index (χ2n) is 6.01. The molecule has 4 rings (SSSR count). The number of aromatic nitrogens is 2. The van der Waals surface area contributed by atoms with E-state index in [9.17, 15) is 0 Å². The van der Waals surface area contributed by atoms with Gasteiger partial charge >= 0.3 is 0 Å². The SMILES string of the molecule is Clc1nc(C2CC=CC(c3ccccc3)C2)c2ccccc2n1. The minimum Gasteiger partial charge on any atom is -0.222 e. The number of para-hydroxylation sites is 1. The Morgan fingerprint density at radius 2 is 1.70 bits per heavy atom. The Bertz CT molecular complexity index is 858. The largest absolute Gasteiger partial charge is 0.223 e. The average Bonchev–Trinajstić information content (AvgIpc) is 2.62. The van der Waals surface area contributed by atoms with E-state index in [0.717, 1.165) is 29.4 Å². The topological polar surface area (TPSA) is 25.8 Å². The fourth-order valence-electron chi connectivity index (χ4n) is 3.44. The summed E-state index contributed by atoms with van der Waals surface area (Å²) in [6.07, 6.45) is 6.64. The maximum atomic E-state index is 6.16. The lowest BCUT2D eigenvalue weighted by atomic mass is 9.80. The number of allylic oxidation sites excluding steroid dienone is 2. The van der Waals surface area contributed by atoms with Crippen molar-refractivity contribution in [3.05, 3.63) is 83.3 Å². The molecule has 3 aromatic rings. The van der Waals surface area contributed by atoms with Gasteiger partial charge in [0, 0.05) is 17.2 Å². The van der Waals surface area contributed by atoms with E-state index in [1.165, 1.54) is 5.56 Å². The first-order valence-electron chi connectivity index (χ1n) is 7.95. The summed E-state index contributed by atoms with van der Waals surface area (Å²) in [7, 11) is 0. The third kappa shape index (κ3) is 2.87. The minimum absolute atomic E-state index is 0.338. The van der Waals surface area contributed by atoms with Gasteiger partial charge in [-0.3, -0.25) is 0 Å². The second kappa shape index (κ2) is 6.13. The molecule has 2 aromatic carbocycles. The molecule has 0 radical (unpaired) electrons. The predicted octanol–water partition coefficient (Wildman–Crippen LogP) is 5.50. The fraction of sp³-hybridized carbons (Fsp3) is 0.200. The Hall–Kier alpha value is -2.19. The molecule has 1 aromatic heterocycles. The summed E-state index contributed by atoms with van der Waals surface area (Å²) in [5.41, 5.74) is 3.36. The summed E-state index contributed by atoms with van der Waals surface area (Å²) < 4.78 is 0. The molecular formula is C20H17ClN2. The third-order valence-corrected chi connectivity index (χ3v) is 4.72. The van der Waals surface area contributed by atoms with Crippen LogP contribution in [0.4, 0.5) is 0 Å². The highest BCUT2D eigenvalue weighted by atomic mass is 35.5. The molecule has 1 aliphatic carbocycles. The number of hydrogen-bond acceptors (Lipinski definition) is 2. The molecule has 0 fully saturated rings. The predicted molar refractivity (Wildman–Crippen MR) is 94.8 cm³/mol. The van der Waals surface area contributed by atoms with Gasteiger partial charge in [-0.05, 0) is 36.1 Å². The van der Waals surface area contributed by atoms with E-state index in [1.807, 2.05) is 18.2 Å². The maximum absolute atomic E-state index is 6.16. The molecule has 0 aliphatic heterocycles. The van der Waals surface area contributed by atoms with Crippen molar-refractivity contribution in [1.82, 2.24) is 9.97 Å². The van der Waals surface area contributed by atoms with E-state index in [0.29, 0.717) is 17.1 Å². The van der Waals surface area contributed by atoms with Crippen LogP contribution in [-0.4, -0.2) is 9.97 Å². The summed E-state index contributed by atoms with van der Waals surface area (Å²) in [5, 5.41) is 1.45. The highest BCUT2D eigenvalue weighted by molar-refractivity contribution is 6.28. The Morgan fingerprint density at radius 3 is 2.57 bits per heavy atom. The van der Waals surface area contributed by atoms with Crippen LogP contribution < -0.4 is 0 Å². The lowest BCUT2D eigenvalue weighted by Gasteiger charge is -2.25. The van der Waals surface area contributed by atoms with Gasteiger partial charge in [0.15, 0.2) is 0 Å². The fourth-order valence-corrected chi connectivity index (χ4v) is 3.62. The molecule has 0 saturated carbocycles. The molecule has 0 saturated heterocycles. The van der Waals surface area contributed by atoms with Crippen molar-refractivity contribution in [2.24, 2.45) is 0 Å². The molecule has 3 heteroatoms. The monoisotopic (exact) mass is 320 g/mol. The molecule has 114 valence electrons.